The highest BCUT2D eigenvalue weighted by Gasteiger charge is 2.20. The molecule has 144 valence electrons. The largest absolute Gasteiger partial charge is 0.368 e. The predicted octanol–water partition coefficient (Wildman–Crippen LogP) is 4.56. The van der Waals surface area contributed by atoms with Gasteiger partial charge in [-0.1, -0.05) is 36.4 Å². The summed E-state index contributed by atoms with van der Waals surface area (Å²) in [5, 5.41) is 0. The highest BCUT2D eigenvalue weighted by molar-refractivity contribution is 9.10. The number of amides is 1. The van der Waals surface area contributed by atoms with Crippen LogP contribution in [-0.2, 0) is 0 Å². The number of H-pyrrole nitrogens is 1. The van der Waals surface area contributed by atoms with Gasteiger partial charge in [-0.2, -0.15) is 0 Å². The van der Waals surface area contributed by atoms with Gasteiger partial charge in [0.1, 0.15) is 0 Å². The molecule has 7 heteroatoms. The number of halogens is 1. The molecule has 6 nitrogen and oxygen atoms in total. The van der Waals surface area contributed by atoms with Crippen molar-refractivity contribution in [2.24, 2.45) is 5.73 Å². The zero-order chi connectivity index (χ0) is 20.5. The third-order valence-electron chi connectivity index (χ3n) is 4.71. The van der Waals surface area contributed by atoms with Crippen molar-refractivity contribution in [1.82, 2.24) is 15.0 Å². The van der Waals surface area contributed by atoms with Gasteiger partial charge < -0.3 is 16.5 Å². The van der Waals surface area contributed by atoms with Gasteiger partial charge in [0.2, 0.25) is 11.9 Å². The number of carbonyl (C=O) groups is 1. The van der Waals surface area contributed by atoms with Gasteiger partial charge in [-0.05, 0) is 52.2 Å². The monoisotopic (exact) mass is 447 g/mol. The van der Waals surface area contributed by atoms with Crippen LogP contribution in [0.15, 0.2) is 65.3 Å². The molecule has 0 saturated heterocycles. The number of anilines is 1. The Morgan fingerprint density at radius 3 is 2.55 bits per heavy atom. The van der Waals surface area contributed by atoms with E-state index in [0.29, 0.717) is 11.3 Å². The fourth-order valence-corrected chi connectivity index (χ4v) is 3.78. The van der Waals surface area contributed by atoms with Crippen LogP contribution in [0.2, 0.25) is 0 Å². The zero-order valence-corrected chi connectivity index (χ0v) is 17.2. The maximum atomic E-state index is 12.1. The van der Waals surface area contributed by atoms with E-state index in [9.17, 15) is 4.79 Å². The molecule has 5 N–H and O–H groups in total. The van der Waals surface area contributed by atoms with E-state index in [1.54, 1.807) is 24.4 Å². The molecule has 0 aliphatic heterocycles. The summed E-state index contributed by atoms with van der Waals surface area (Å²) < 4.78 is 0.966. The van der Waals surface area contributed by atoms with Crippen LogP contribution in [0.3, 0.4) is 0 Å². The molecule has 2 aromatic heterocycles. The Balaban J connectivity index is 2.02. The van der Waals surface area contributed by atoms with Crippen molar-refractivity contribution in [3.05, 3.63) is 76.4 Å². The van der Waals surface area contributed by atoms with Crippen LogP contribution in [0.5, 0.6) is 0 Å². The zero-order valence-electron chi connectivity index (χ0n) is 15.6. The van der Waals surface area contributed by atoms with E-state index in [2.05, 4.69) is 30.9 Å². The molecule has 0 aliphatic carbocycles. The second kappa shape index (κ2) is 7.52. The van der Waals surface area contributed by atoms with Crippen molar-refractivity contribution in [2.75, 3.05) is 5.73 Å². The first-order valence-electron chi connectivity index (χ1n) is 8.92. The van der Waals surface area contributed by atoms with Crippen LogP contribution < -0.4 is 11.5 Å². The number of aryl methyl sites for hydroxylation is 1. The Kier molecular flexibility index (Phi) is 4.90. The van der Waals surface area contributed by atoms with Crippen LogP contribution in [0.25, 0.3) is 33.8 Å². The Hall–Kier alpha value is -3.45. The number of primary amides is 1. The topological polar surface area (TPSA) is 111 Å². The van der Waals surface area contributed by atoms with Gasteiger partial charge in [-0.15, -0.1) is 0 Å². The summed E-state index contributed by atoms with van der Waals surface area (Å²) in [6.45, 7) is 2.03. The lowest BCUT2D eigenvalue weighted by Crippen LogP contribution is -2.12. The number of nitrogen functional groups attached to an aromatic ring is 1. The minimum absolute atomic E-state index is 0.189. The fourth-order valence-electron chi connectivity index (χ4n) is 3.31. The average molecular weight is 448 g/mol. The number of nitrogens with zero attached hydrogens (tertiary/aromatic N) is 2. The molecule has 0 atom stereocenters. The van der Waals surface area contributed by atoms with E-state index in [1.807, 2.05) is 43.3 Å². The van der Waals surface area contributed by atoms with Crippen molar-refractivity contribution in [3.8, 4) is 33.8 Å². The predicted molar refractivity (Wildman–Crippen MR) is 118 cm³/mol. The highest BCUT2D eigenvalue weighted by Crippen LogP contribution is 2.40. The standard InChI is InChI=1S/C22H18BrN5O/c1-12-5-4-8-15(19(12)23)20-16(13-6-2-3-7-14(13)21(24)29)11-18(27-20)17-9-10-26-22(25)28-17/h2-11,27H,1H3,(H2,24,29)(H2,25,26,28). The van der Waals surface area contributed by atoms with Gasteiger partial charge in [0.25, 0.3) is 0 Å². The molecule has 0 spiro atoms. The molecule has 4 aromatic rings. The molecule has 0 fully saturated rings. The number of aromatic nitrogens is 3. The summed E-state index contributed by atoms with van der Waals surface area (Å²) in [6, 6.07) is 17.0. The third-order valence-corrected chi connectivity index (χ3v) is 5.76. The molecular formula is C22H18BrN5O. The van der Waals surface area contributed by atoms with Crippen molar-refractivity contribution >= 4 is 27.8 Å². The van der Waals surface area contributed by atoms with Gasteiger partial charge in [-0.25, -0.2) is 9.97 Å². The molecular weight excluding hydrogens is 430 g/mol. The molecule has 4 rings (SSSR count). The van der Waals surface area contributed by atoms with Gasteiger partial charge >= 0.3 is 0 Å². The number of hydrogen-bond acceptors (Lipinski definition) is 4. The first-order valence-corrected chi connectivity index (χ1v) is 9.71. The maximum Gasteiger partial charge on any atom is 0.249 e. The summed E-state index contributed by atoms with van der Waals surface area (Å²) in [6.07, 6.45) is 1.61. The smallest absolute Gasteiger partial charge is 0.249 e. The van der Waals surface area contributed by atoms with Crippen molar-refractivity contribution < 1.29 is 4.79 Å². The summed E-state index contributed by atoms with van der Waals surface area (Å²) in [5.41, 5.74) is 17.8. The lowest BCUT2D eigenvalue weighted by atomic mass is 9.96. The number of nitrogens with two attached hydrogens (primary N) is 2. The molecule has 2 aromatic carbocycles. The molecule has 0 unspecified atom stereocenters. The summed E-state index contributed by atoms with van der Waals surface area (Å²) in [4.78, 5) is 23.8. The minimum atomic E-state index is -0.483. The first-order chi connectivity index (χ1) is 14.0. The minimum Gasteiger partial charge on any atom is -0.368 e. The second-order valence-corrected chi connectivity index (χ2v) is 7.41. The van der Waals surface area contributed by atoms with E-state index in [-0.39, 0.29) is 5.95 Å². The van der Waals surface area contributed by atoms with Gasteiger partial charge in [0.05, 0.1) is 17.1 Å². The fraction of sp³-hybridized carbons (Fsp3) is 0.0455. The second-order valence-electron chi connectivity index (χ2n) is 6.62. The number of aromatic amines is 1. The molecule has 2 heterocycles. The molecule has 29 heavy (non-hydrogen) atoms. The lowest BCUT2D eigenvalue weighted by molar-refractivity contribution is 0.100. The van der Waals surface area contributed by atoms with E-state index in [0.717, 1.165) is 38.1 Å². The van der Waals surface area contributed by atoms with Crippen molar-refractivity contribution in [3.63, 3.8) is 0 Å². The quantitative estimate of drug-likeness (QED) is 0.425. The molecule has 0 radical (unpaired) electrons. The van der Waals surface area contributed by atoms with E-state index in [4.69, 9.17) is 11.5 Å². The molecule has 0 aliphatic rings. The lowest BCUT2D eigenvalue weighted by Gasteiger charge is -2.11. The van der Waals surface area contributed by atoms with E-state index in [1.165, 1.54) is 0 Å². The SMILES string of the molecule is Cc1cccc(-c2[nH]c(-c3ccnc(N)n3)cc2-c2ccccc2C(N)=O)c1Br. The van der Waals surface area contributed by atoms with Crippen LogP contribution in [0, 0.1) is 6.92 Å². The van der Waals surface area contributed by atoms with Gasteiger partial charge in [0.15, 0.2) is 0 Å². The number of rotatable bonds is 4. The average Bonchev–Trinajstić information content (AvgIpc) is 3.15. The van der Waals surface area contributed by atoms with Crippen LogP contribution in [0.1, 0.15) is 15.9 Å². The van der Waals surface area contributed by atoms with Crippen LogP contribution >= 0.6 is 15.9 Å². The van der Waals surface area contributed by atoms with E-state index >= 15 is 0 Å². The van der Waals surface area contributed by atoms with Crippen LogP contribution in [-0.4, -0.2) is 20.9 Å². The molecule has 0 saturated carbocycles. The normalized spacial score (nSPS) is 10.8. The van der Waals surface area contributed by atoms with Crippen LogP contribution in [0.4, 0.5) is 5.95 Å². The number of hydrogen-bond donors (Lipinski definition) is 3. The summed E-state index contributed by atoms with van der Waals surface area (Å²) >= 11 is 3.69. The Morgan fingerprint density at radius 1 is 1.03 bits per heavy atom. The highest BCUT2D eigenvalue weighted by atomic mass is 79.9. The Morgan fingerprint density at radius 2 is 1.79 bits per heavy atom. The number of benzene rings is 2. The maximum absolute atomic E-state index is 12.1. The number of carbonyl (C=O) groups excluding carboxylic acids is 1. The Bertz CT molecular complexity index is 1230. The molecule has 0 bridgehead atoms. The summed E-state index contributed by atoms with van der Waals surface area (Å²) in [7, 11) is 0. The third kappa shape index (κ3) is 3.52. The van der Waals surface area contributed by atoms with Crippen molar-refractivity contribution in [2.45, 2.75) is 6.92 Å². The number of nitrogens with one attached hydrogen (secondary N) is 1. The molecule has 1 amide bonds. The van der Waals surface area contributed by atoms with Gasteiger partial charge in [0, 0.05) is 27.4 Å². The van der Waals surface area contributed by atoms with Crippen molar-refractivity contribution in [1.29, 1.82) is 0 Å². The summed E-state index contributed by atoms with van der Waals surface area (Å²) in [5.74, 6) is -0.293. The van der Waals surface area contributed by atoms with Gasteiger partial charge in [-0.3, -0.25) is 4.79 Å². The van der Waals surface area contributed by atoms with E-state index < -0.39 is 5.91 Å². The Labute approximate surface area is 176 Å². The first kappa shape index (κ1) is 18.9.